The van der Waals surface area contributed by atoms with E-state index < -0.39 is 11.9 Å². The minimum Gasteiger partial charge on any atom is -0.497 e. The van der Waals surface area contributed by atoms with Crippen LogP contribution in [0.5, 0.6) is 5.75 Å². The number of rotatable bonds is 5. The average Bonchev–Trinajstić information content (AvgIpc) is 3.23. The molecular weight excluding hydrogens is 389 g/mol. The number of amides is 3. The first-order valence-corrected chi connectivity index (χ1v) is 9.79. The molecule has 0 spiro atoms. The van der Waals surface area contributed by atoms with Crippen LogP contribution in [-0.4, -0.2) is 48.9 Å². The zero-order chi connectivity index (χ0) is 21.3. The van der Waals surface area contributed by atoms with Gasteiger partial charge in [0.1, 0.15) is 24.2 Å². The SMILES string of the molecule is COc1cccc(CNC(=O)CN2C(=O)[C@H]3CCCN3C(=O)c3cc(F)ccc32)c1. The molecular formula is C22H22FN3O4. The summed E-state index contributed by atoms with van der Waals surface area (Å²) in [6.45, 7) is 0.461. The minimum atomic E-state index is -0.626. The van der Waals surface area contributed by atoms with E-state index in [4.69, 9.17) is 4.74 Å². The number of ether oxygens (including phenoxy) is 1. The number of nitrogens with one attached hydrogen (secondary N) is 1. The lowest BCUT2D eigenvalue weighted by Crippen LogP contribution is -2.48. The van der Waals surface area contributed by atoms with Crippen LogP contribution >= 0.6 is 0 Å². The molecule has 1 fully saturated rings. The first-order valence-electron chi connectivity index (χ1n) is 9.79. The van der Waals surface area contributed by atoms with E-state index in [1.54, 1.807) is 7.11 Å². The second kappa shape index (κ2) is 8.14. The fraction of sp³-hybridized carbons (Fsp3) is 0.318. The molecule has 0 radical (unpaired) electrons. The maximum absolute atomic E-state index is 13.8. The molecule has 3 amide bonds. The number of methoxy groups -OCH3 is 1. The summed E-state index contributed by atoms with van der Waals surface area (Å²) in [6.07, 6.45) is 1.23. The number of anilines is 1. The molecule has 30 heavy (non-hydrogen) atoms. The van der Waals surface area contributed by atoms with Gasteiger partial charge < -0.3 is 19.9 Å². The Labute approximate surface area is 173 Å². The Bertz CT molecular complexity index is 1010. The lowest BCUT2D eigenvalue weighted by atomic mass is 10.1. The second-order valence-electron chi connectivity index (χ2n) is 7.37. The van der Waals surface area contributed by atoms with Gasteiger partial charge >= 0.3 is 0 Å². The third kappa shape index (κ3) is 3.72. The van der Waals surface area contributed by atoms with E-state index in [2.05, 4.69) is 5.32 Å². The Morgan fingerprint density at radius 2 is 2.07 bits per heavy atom. The van der Waals surface area contributed by atoms with E-state index in [1.165, 1.54) is 21.9 Å². The van der Waals surface area contributed by atoms with E-state index in [0.29, 0.717) is 25.1 Å². The molecule has 0 aliphatic carbocycles. The summed E-state index contributed by atoms with van der Waals surface area (Å²) in [7, 11) is 1.57. The van der Waals surface area contributed by atoms with E-state index in [0.717, 1.165) is 11.6 Å². The molecule has 0 bridgehead atoms. The highest BCUT2D eigenvalue weighted by Gasteiger charge is 2.42. The van der Waals surface area contributed by atoms with Crippen LogP contribution in [0, 0.1) is 5.82 Å². The molecule has 0 aromatic heterocycles. The number of carbonyl (C=O) groups is 3. The Balaban J connectivity index is 1.55. The smallest absolute Gasteiger partial charge is 0.256 e. The summed E-state index contributed by atoms with van der Waals surface area (Å²) in [5.74, 6) is -0.947. The van der Waals surface area contributed by atoms with Gasteiger partial charge in [0, 0.05) is 13.1 Å². The second-order valence-corrected chi connectivity index (χ2v) is 7.37. The lowest BCUT2D eigenvalue weighted by Gasteiger charge is -2.25. The number of nitrogens with zero attached hydrogens (tertiary/aromatic N) is 2. The molecule has 1 saturated heterocycles. The molecule has 0 unspecified atom stereocenters. The molecule has 4 rings (SSSR count). The van der Waals surface area contributed by atoms with Crippen LogP contribution in [0.1, 0.15) is 28.8 Å². The minimum absolute atomic E-state index is 0.105. The highest BCUT2D eigenvalue weighted by molar-refractivity contribution is 6.12. The fourth-order valence-corrected chi connectivity index (χ4v) is 3.98. The Morgan fingerprint density at radius 1 is 1.23 bits per heavy atom. The normalized spacial score (nSPS) is 18.0. The van der Waals surface area contributed by atoms with Crippen molar-refractivity contribution < 1.29 is 23.5 Å². The van der Waals surface area contributed by atoms with Crippen LogP contribution < -0.4 is 15.0 Å². The number of carbonyl (C=O) groups excluding carboxylic acids is 3. The van der Waals surface area contributed by atoms with Crippen molar-refractivity contribution in [3.8, 4) is 5.75 Å². The summed E-state index contributed by atoms with van der Waals surface area (Å²) in [5, 5.41) is 2.79. The Kier molecular flexibility index (Phi) is 5.39. The van der Waals surface area contributed by atoms with Crippen molar-refractivity contribution in [2.75, 3.05) is 25.1 Å². The predicted octanol–water partition coefficient (Wildman–Crippen LogP) is 2.10. The molecule has 2 aromatic rings. The van der Waals surface area contributed by atoms with Gasteiger partial charge in [0.2, 0.25) is 11.8 Å². The average molecular weight is 411 g/mol. The van der Waals surface area contributed by atoms with Crippen molar-refractivity contribution in [3.63, 3.8) is 0 Å². The molecule has 2 heterocycles. The summed E-state index contributed by atoms with van der Waals surface area (Å²) < 4.78 is 19.0. The van der Waals surface area contributed by atoms with Gasteiger partial charge in [-0.1, -0.05) is 12.1 Å². The monoisotopic (exact) mass is 411 g/mol. The van der Waals surface area contributed by atoms with E-state index in [1.807, 2.05) is 24.3 Å². The maximum Gasteiger partial charge on any atom is 0.256 e. The first-order chi connectivity index (χ1) is 14.5. The third-order valence-corrected chi connectivity index (χ3v) is 5.47. The van der Waals surface area contributed by atoms with Gasteiger partial charge in [-0.3, -0.25) is 14.4 Å². The maximum atomic E-state index is 13.8. The zero-order valence-electron chi connectivity index (χ0n) is 16.6. The summed E-state index contributed by atoms with van der Waals surface area (Å²) in [5.41, 5.74) is 1.22. The van der Waals surface area contributed by atoms with Crippen LogP contribution in [0.2, 0.25) is 0 Å². The predicted molar refractivity (Wildman–Crippen MR) is 108 cm³/mol. The van der Waals surface area contributed by atoms with E-state index >= 15 is 0 Å². The van der Waals surface area contributed by atoms with Crippen LogP contribution in [-0.2, 0) is 16.1 Å². The van der Waals surface area contributed by atoms with Gasteiger partial charge in [0.25, 0.3) is 5.91 Å². The first kappa shape index (κ1) is 19.9. The number of benzene rings is 2. The number of halogens is 1. The molecule has 2 aliphatic rings. The third-order valence-electron chi connectivity index (χ3n) is 5.47. The van der Waals surface area contributed by atoms with Crippen LogP contribution in [0.4, 0.5) is 10.1 Å². The Hall–Kier alpha value is -3.42. The number of fused-ring (bicyclic) bond motifs is 2. The van der Waals surface area contributed by atoms with Crippen LogP contribution in [0.3, 0.4) is 0 Å². The number of hydrogen-bond acceptors (Lipinski definition) is 4. The lowest BCUT2D eigenvalue weighted by molar-refractivity contribution is -0.125. The van der Waals surface area contributed by atoms with Crippen LogP contribution in [0.15, 0.2) is 42.5 Å². The highest BCUT2D eigenvalue weighted by Crippen LogP contribution is 2.32. The van der Waals surface area contributed by atoms with E-state index in [-0.39, 0.29) is 42.1 Å². The molecule has 2 aliphatic heterocycles. The Morgan fingerprint density at radius 3 is 2.87 bits per heavy atom. The van der Waals surface area contributed by atoms with Gasteiger partial charge in [-0.25, -0.2) is 4.39 Å². The van der Waals surface area contributed by atoms with Crippen molar-refractivity contribution >= 4 is 23.4 Å². The zero-order valence-corrected chi connectivity index (χ0v) is 16.6. The van der Waals surface area contributed by atoms with Crippen molar-refractivity contribution in [2.45, 2.75) is 25.4 Å². The van der Waals surface area contributed by atoms with Crippen molar-refractivity contribution in [1.29, 1.82) is 0 Å². The van der Waals surface area contributed by atoms with Gasteiger partial charge in [-0.15, -0.1) is 0 Å². The molecule has 7 nitrogen and oxygen atoms in total. The standard InChI is InChI=1S/C22H22FN3O4/c1-30-16-5-2-4-14(10-16)12-24-20(27)13-26-18-8-7-15(23)11-17(18)21(28)25-9-3-6-19(25)22(26)29/h2,4-5,7-8,10-11,19H,3,6,9,12-13H2,1H3,(H,24,27)/t19-/m1/s1. The largest absolute Gasteiger partial charge is 0.497 e. The summed E-state index contributed by atoms with van der Waals surface area (Å²) in [6, 6.07) is 10.4. The van der Waals surface area contributed by atoms with Crippen LogP contribution in [0.25, 0.3) is 0 Å². The molecule has 0 saturated carbocycles. The van der Waals surface area contributed by atoms with Crippen molar-refractivity contribution in [3.05, 3.63) is 59.4 Å². The molecule has 2 aromatic carbocycles. The molecule has 8 heteroatoms. The topological polar surface area (TPSA) is 79.0 Å². The molecule has 1 atom stereocenters. The van der Waals surface area contributed by atoms with E-state index in [9.17, 15) is 18.8 Å². The molecule has 1 N–H and O–H groups in total. The summed E-state index contributed by atoms with van der Waals surface area (Å²) in [4.78, 5) is 41.5. The van der Waals surface area contributed by atoms with Crippen molar-refractivity contribution in [1.82, 2.24) is 10.2 Å². The molecule has 156 valence electrons. The van der Waals surface area contributed by atoms with Gasteiger partial charge in [0.05, 0.1) is 18.4 Å². The quantitative estimate of drug-likeness (QED) is 0.817. The fourth-order valence-electron chi connectivity index (χ4n) is 3.98. The summed E-state index contributed by atoms with van der Waals surface area (Å²) >= 11 is 0. The van der Waals surface area contributed by atoms with Gasteiger partial charge in [0.15, 0.2) is 0 Å². The van der Waals surface area contributed by atoms with Gasteiger partial charge in [-0.2, -0.15) is 0 Å². The van der Waals surface area contributed by atoms with Crippen molar-refractivity contribution in [2.24, 2.45) is 0 Å². The number of hydrogen-bond donors (Lipinski definition) is 1. The van der Waals surface area contributed by atoms with Gasteiger partial charge in [-0.05, 0) is 48.7 Å². The highest BCUT2D eigenvalue weighted by atomic mass is 19.1.